The smallest absolute Gasteiger partial charge is 0.258 e. The number of aromatic nitrogens is 2. The largest absolute Gasteiger partial charge is 0.496 e. The van der Waals surface area contributed by atoms with Crippen LogP contribution in [0.3, 0.4) is 0 Å². The molecule has 0 radical (unpaired) electrons. The Morgan fingerprint density at radius 1 is 1.33 bits per heavy atom. The van der Waals surface area contributed by atoms with E-state index in [2.05, 4.69) is 10.4 Å². The first-order valence-electron chi connectivity index (χ1n) is 8.85. The van der Waals surface area contributed by atoms with Crippen LogP contribution in [0.15, 0.2) is 24.3 Å². The first kappa shape index (κ1) is 18.9. The summed E-state index contributed by atoms with van der Waals surface area (Å²) >= 11 is 0. The molecule has 2 aromatic rings. The highest BCUT2D eigenvalue weighted by Gasteiger charge is 2.24. The van der Waals surface area contributed by atoms with Gasteiger partial charge in [0.15, 0.2) is 0 Å². The van der Waals surface area contributed by atoms with Crippen molar-refractivity contribution in [2.24, 2.45) is 5.92 Å². The summed E-state index contributed by atoms with van der Waals surface area (Å²) in [6.45, 7) is 5.65. The van der Waals surface area contributed by atoms with Crippen molar-refractivity contribution in [1.82, 2.24) is 20.0 Å². The molecule has 0 saturated carbocycles. The average Bonchev–Trinajstić information content (AvgIpc) is 3.07. The molecular formula is C19H23FN4O3. The molecule has 0 spiro atoms. The summed E-state index contributed by atoms with van der Waals surface area (Å²) in [5, 5.41) is 7.14. The third-order valence-electron chi connectivity index (χ3n) is 4.51. The number of benzene rings is 1. The summed E-state index contributed by atoms with van der Waals surface area (Å²) in [7, 11) is 1.39. The van der Waals surface area contributed by atoms with Gasteiger partial charge < -0.3 is 15.0 Å². The van der Waals surface area contributed by atoms with E-state index in [9.17, 15) is 14.0 Å². The second kappa shape index (κ2) is 7.77. The van der Waals surface area contributed by atoms with Crippen LogP contribution in [0.4, 0.5) is 4.39 Å². The Hall–Kier alpha value is -2.90. The number of hydrogen-bond donors (Lipinski definition) is 1. The monoisotopic (exact) mass is 374 g/mol. The van der Waals surface area contributed by atoms with Gasteiger partial charge >= 0.3 is 0 Å². The van der Waals surface area contributed by atoms with Crippen LogP contribution in [0, 0.1) is 11.7 Å². The van der Waals surface area contributed by atoms with Crippen LogP contribution >= 0.6 is 0 Å². The molecule has 0 fully saturated rings. The van der Waals surface area contributed by atoms with Crippen molar-refractivity contribution in [2.45, 2.75) is 33.5 Å². The van der Waals surface area contributed by atoms with Gasteiger partial charge in [-0.15, -0.1) is 0 Å². The van der Waals surface area contributed by atoms with E-state index in [0.29, 0.717) is 25.3 Å². The number of nitrogens with one attached hydrogen (secondary N) is 1. The van der Waals surface area contributed by atoms with Gasteiger partial charge in [0.05, 0.1) is 38.1 Å². The maximum Gasteiger partial charge on any atom is 0.258 e. The number of carbonyl (C=O) groups excluding carboxylic acids is 2. The molecule has 144 valence electrons. The van der Waals surface area contributed by atoms with Crippen molar-refractivity contribution in [3.05, 3.63) is 47.0 Å². The van der Waals surface area contributed by atoms with E-state index in [4.69, 9.17) is 4.74 Å². The number of halogens is 1. The molecular weight excluding hydrogens is 351 g/mol. The maximum absolute atomic E-state index is 14.0. The van der Waals surface area contributed by atoms with Crippen molar-refractivity contribution in [3.8, 4) is 5.75 Å². The fraction of sp³-hybridized carbons (Fsp3) is 0.421. The number of amides is 2. The Balaban J connectivity index is 1.67. The molecule has 1 aliphatic heterocycles. The highest BCUT2D eigenvalue weighted by atomic mass is 19.1. The number of fused-ring (bicyclic) bond motifs is 1. The minimum Gasteiger partial charge on any atom is -0.496 e. The Labute approximate surface area is 157 Å². The molecule has 0 atom stereocenters. The molecule has 1 N–H and O–H groups in total. The third-order valence-corrected chi connectivity index (χ3v) is 4.51. The number of methoxy groups -OCH3 is 1. The van der Waals surface area contributed by atoms with Crippen molar-refractivity contribution in [3.63, 3.8) is 0 Å². The molecule has 1 aromatic heterocycles. The molecule has 27 heavy (non-hydrogen) atoms. The summed E-state index contributed by atoms with van der Waals surface area (Å²) < 4.78 is 20.9. The Kier molecular flexibility index (Phi) is 5.43. The van der Waals surface area contributed by atoms with E-state index in [-0.39, 0.29) is 29.7 Å². The van der Waals surface area contributed by atoms with Gasteiger partial charge in [-0.1, -0.05) is 19.9 Å². The lowest BCUT2D eigenvalue weighted by atomic mass is 10.1. The van der Waals surface area contributed by atoms with Gasteiger partial charge in [0.25, 0.3) is 5.91 Å². The second-order valence-corrected chi connectivity index (χ2v) is 6.76. The molecule has 3 rings (SSSR count). The molecule has 0 aliphatic carbocycles. The molecule has 1 aliphatic rings. The van der Waals surface area contributed by atoms with Gasteiger partial charge in [-0.2, -0.15) is 5.10 Å². The zero-order valence-corrected chi connectivity index (χ0v) is 15.7. The Morgan fingerprint density at radius 2 is 2.11 bits per heavy atom. The SMILES string of the molecule is COc1cccc(F)c1C(=O)NCc1cc2n(n1)CCN(C(=O)C(C)C)C2. The summed E-state index contributed by atoms with van der Waals surface area (Å²) in [5.41, 5.74) is 1.45. The van der Waals surface area contributed by atoms with Crippen LogP contribution in [0.1, 0.15) is 35.6 Å². The van der Waals surface area contributed by atoms with Gasteiger partial charge in [-0.25, -0.2) is 4.39 Å². The van der Waals surface area contributed by atoms with Crippen LogP contribution in [-0.2, 0) is 24.4 Å². The Morgan fingerprint density at radius 3 is 2.81 bits per heavy atom. The predicted molar refractivity (Wildman–Crippen MR) is 96.6 cm³/mol. The third kappa shape index (κ3) is 3.94. The van der Waals surface area contributed by atoms with Crippen molar-refractivity contribution in [2.75, 3.05) is 13.7 Å². The number of hydrogen-bond acceptors (Lipinski definition) is 4. The fourth-order valence-electron chi connectivity index (χ4n) is 3.12. The zero-order valence-electron chi connectivity index (χ0n) is 15.7. The number of carbonyl (C=O) groups is 2. The summed E-state index contributed by atoms with van der Waals surface area (Å²) in [4.78, 5) is 26.3. The minimum absolute atomic E-state index is 0.0472. The molecule has 1 aromatic carbocycles. The van der Waals surface area contributed by atoms with Crippen molar-refractivity contribution < 1.29 is 18.7 Å². The van der Waals surface area contributed by atoms with E-state index in [1.165, 1.54) is 25.3 Å². The molecule has 0 unspecified atom stereocenters. The summed E-state index contributed by atoms with van der Waals surface area (Å²) in [6.07, 6.45) is 0. The van der Waals surface area contributed by atoms with E-state index in [0.717, 1.165) is 5.69 Å². The van der Waals surface area contributed by atoms with Crippen LogP contribution in [0.5, 0.6) is 5.75 Å². The number of nitrogens with zero attached hydrogens (tertiary/aromatic N) is 3. The van der Waals surface area contributed by atoms with E-state index in [1.807, 2.05) is 29.5 Å². The summed E-state index contributed by atoms with van der Waals surface area (Å²) in [5.74, 6) is -0.955. The molecule has 8 heteroatoms. The topological polar surface area (TPSA) is 76.5 Å². The van der Waals surface area contributed by atoms with Crippen LogP contribution in [0.25, 0.3) is 0 Å². The van der Waals surface area contributed by atoms with Crippen molar-refractivity contribution in [1.29, 1.82) is 0 Å². The lowest BCUT2D eigenvalue weighted by Crippen LogP contribution is -2.40. The first-order chi connectivity index (χ1) is 12.9. The number of ether oxygens (including phenoxy) is 1. The van der Waals surface area contributed by atoms with E-state index < -0.39 is 11.7 Å². The second-order valence-electron chi connectivity index (χ2n) is 6.76. The van der Waals surface area contributed by atoms with Crippen LogP contribution < -0.4 is 10.1 Å². The molecule has 2 amide bonds. The van der Waals surface area contributed by atoms with E-state index in [1.54, 1.807) is 0 Å². The van der Waals surface area contributed by atoms with Gasteiger partial charge in [0.1, 0.15) is 17.1 Å². The van der Waals surface area contributed by atoms with Gasteiger partial charge in [0, 0.05) is 12.5 Å². The lowest BCUT2D eigenvalue weighted by Gasteiger charge is -2.29. The highest BCUT2D eigenvalue weighted by Crippen LogP contribution is 2.21. The highest BCUT2D eigenvalue weighted by molar-refractivity contribution is 5.97. The molecule has 7 nitrogen and oxygen atoms in total. The minimum atomic E-state index is -0.640. The quantitative estimate of drug-likeness (QED) is 0.868. The van der Waals surface area contributed by atoms with Crippen LogP contribution in [0.2, 0.25) is 0 Å². The van der Waals surface area contributed by atoms with Crippen molar-refractivity contribution >= 4 is 11.8 Å². The predicted octanol–water partition coefficient (Wildman–Crippen LogP) is 1.96. The normalized spacial score (nSPS) is 13.4. The average molecular weight is 374 g/mol. The lowest BCUT2D eigenvalue weighted by molar-refractivity contribution is -0.136. The van der Waals surface area contributed by atoms with Gasteiger partial charge in [-0.05, 0) is 18.2 Å². The Bertz CT molecular complexity index is 863. The van der Waals surface area contributed by atoms with Gasteiger partial charge in [-0.3, -0.25) is 14.3 Å². The zero-order chi connectivity index (χ0) is 19.6. The standard InChI is InChI=1S/C19H23FN4O3/c1-12(2)19(26)23-7-8-24-14(11-23)9-13(22-24)10-21-18(25)17-15(20)5-4-6-16(17)27-3/h4-6,9,12H,7-8,10-11H2,1-3H3,(H,21,25). The summed E-state index contributed by atoms with van der Waals surface area (Å²) in [6, 6.07) is 6.10. The molecule has 0 bridgehead atoms. The fourth-order valence-corrected chi connectivity index (χ4v) is 3.12. The molecule has 0 saturated heterocycles. The van der Waals surface area contributed by atoms with Gasteiger partial charge in [0.2, 0.25) is 5.91 Å². The maximum atomic E-state index is 14.0. The first-order valence-corrected chi connectivity index (χ1v) is 8.85. The number of rotatable bonds is 5. The van der Waals surface area contributed by atoms with Crippen LogP contribution in [-0.4, -0.2) is 40.1 Å². The van der Waals surface area contributed by atoms with E-state index >= 15 is 0 Å². The molecule has 2 heterocycles.